The molecule has 0 saturated carbocycles. The fourth-order valence-corrected chi connectivity index (χ4v) is 0.654. The smallest absolute Gasteiger partial charge is 0.143 e. The van der Waals surface area contributed by atoms with Gasteiger partial charge in [-0.05, 0) is 12.1 Å². The van der Waals surface area contributed by atoms with Crippen LogP contribution in [-0.4, -0.2) is 16.8 Å². The maximum Gasteiger partial charge on any atom is 0.143 e. The molecule has 0 aliphatic rings. The molecule has 48 valence electrons. The molecule has 3 nitrogen and oxygen atoms in total. The number of nitrogens with zero attached hydrogens (tertiary/aromatic N) is 3. The average molecular weight is 123 g/mol. The summed E-state index contributed by atoms with van der Waals surface area (Å²) in [6, 6.07) is 3.77. The van der Waals surface area contributed by atoms with Gasteiger partial charge in [-0.2, -0.15) is 5.10 Å². The van der Waals surface area contributed by atoms with E-state index >= 15 is 0 Å². The maximum atomic E-state index is 3.97. The Morgan fingerprint density at radius 3 is 2.89 bits per heavy atom. The fourth-order valence-electron chi connectivity index (χ4n) is 0.654. The van der Waals surface area contributed by atoms with Gasteiger partial charge < -0.3 is 0 Å². The van der Waals surface area contributed by atoms with E-state index in [-0.39, 0.29) is 0 Å². The predicted molar refractivity (Wildman–Crippen MR) is 34.7 cm³/mol. The SMILES string of the molecule is CN=c1cccnn1C. The van der Waals surface area contributed by atoms with E-state index in [9.17, 15) is 0 Å². The van der Waals surface area contributed by atoms with Crippen LogP contribution in [0.2, 0.25) is 0 Å². The zero-order chi connectivity index (χ0) is 6.69. The molecule has 0 amide bonds. The van der Waals surface area contributed by atoms with Crippen LogP contribution in [0.4, 0.5) is 0 Å². The standard InChI is InChI=1S/C6H9N3/c1-7-6-4-3-5-8-9(6)2/h3-5H,1-2H3. The largest absolute Gasteiger partial charge is 0.270 e. The van der Waals surface area contributed by atoms with Gasteiger partial charge in [0.1, 0.15) is 5.49 Å². The number of rotatable bonds is 0. The highest BCUT2D eigenvalue weighted by Crippen LogP contribution is 1.68. The van der Waals surface area contributed by atoms with Gasteiger partial charge in [0.15, 0.2) is 0 Å². The molecular formula is C6H9N3. The lowest BCUT2D eigenvalue weighted by molar-refractivity contribution is 0.689. The Morgan fingerprint density at radius 2 is 2.44 bits per heavy atom. The zero-order valence-electron chi connectivity index (χ0n) is 5.57. The highest BCUT2D eigenvalue weighted by Gasteiger charge is 1.79. The minimum Gasteiger partial charge on any atom is -0.270 e. The van der Waals surface area contributed by atoms with Gasteiger partial charge in [-0.3, -0.25) is 9.67 Å². The summed E-state index contributed by atoms with van der Waals surface area (Å²) in [5.74, 6) is 0. The second-order valence-corrected chi connectivity index (χ2v) is 1.73. The Kier molecular flexibility index (Phi) is 1.63. The fraction of sp³-hybridized carbons (Fsp3) is 0.333. The Balaban J connectivity index is 3.33. The van der Waals surface area contributed by atoms with Crippen LogP contribution in [0.15, 0.2) is 23.3 Å². The number of aromatic nitrogens is 2. The van der Waals surface area contributed by atoms with Crippen LogP contribution in [0.1, 0.15) is 0 Å². The molecule has 0 radical (unpaired) electrons. The molecule has 3 heteroatoms. The first-order valence-corrected chi connectivity index (χ1v) is 2.76. The summed E-state index contributed by atoms with van der Waals surface area (Å²) in [6.45, 7) is 0. The molecule has 0 aromatic carbocycles. The van der Waals surface area contributed by atoms with Crippen molar-refractivity contribution in [2.45, 2.75) is 0 Å². The van der Waals surface area contributed by atoms with Crippen molar-refractivity contribution >= 4 is 0 Å². The Labute approximate surface area is 53.7 Å². The second kappa shape index (κ2) is 2.44. The normalized spacial score (nSPS) is 12.0. The van der Waals surface area contributed by atoms with Crippen LogP contribution in [0, 0.1) is 0 Å². The third-order valence-corrected chi connectivity index (χ3v) is 1.13. The topological polar surface area (TPSA) is 30.2 Å². The second-order valence-electron chi connectivity index (χ2n) is 1.73. The zero-order valence-corrected chi connectivity index (χ0v) is 5.57. The van der Waals surface area contributed by atoms with Crippen LogP contribution in [0.3, 0.4) is 0 Å². The Morgan fingerprint density at radius 1 is 1.67 bits per heavy atom. The van der Waals surface area contributed by atoms with E-state index in [1.54, 1.807) is 17.9 Å². The highest BCUT2D eigenvalue weighted by atomic mass is 15.2. The van der Waals surface area contributed by atoms with Crippen molar-refractivity contribution in [1.82, 2.24) is 9.78 Å². The molecule has 0 atom stereocenters. The van der Waals surface area contributed by atoms with E-state index in [4.69, 9.17) is 0 Å². The summed E-state index contributed by atoms with van der Waals surface area (Å²) in [5.41, 5.74) is 0.887. The lowest BCUT2D eigenvalue weighted by atomic mass is 10.6. The van der Waals surface area contributed by atoms with E-state index in [2.05, 4.69) is 10.1 Å². The third kappa shape index (κ3) is 1.16. The minimum absolute atomic E-state index is 0.887. The molecule has 1 aromatic rings. The first-order chi connectivity index (χ1) is 4.34. The molecule has 0 unspecified atom stereocenters. The summed E-state index contributed by atoms with van der Waals surface area (Å²) in [5, 5.41) is 3.97. The summed E-state index contributed by atoms with van der Waals surface area (Å²) >= 11 is 0. The minimum atomic E-state index is 0.887. The van der Waals surface area contributed by atoms with Gasteiger partial charge in [-0.1, -0.05) is 0 Å². The quantitative estimate of drug-likeness (QED) is 0.475. The van der Waals surface area contributed by atoms with Crippen molar-refractivity contribution < 1.29 is 0 Å². The van der Waals surface area contributed by atoms with Gasteiger partial charge in [0.2, 0.25) is 0 Å². The van der Waals surface area contributed by atoms with Crippen molar-refractivity contribution in [3.8, 4) is 0 Å². The highest BCUT2D eigenvalue weighted by molar-refractivity contribution is 4.82. The molecule has 1 rings (SSSR count). The van der Waals surface area contributed by atoms with E-state index in [1.165, 1.54) is 0 Å². The molecule has 9 heavy (non-hydrogen) atoms. The van der Waals surface area contributed by atoms with Gasteiger partial charge in [0.05, 0.1) is 0 Å². The van der Waals surface area contributed by atoms with Crippen molar-refractivity contribution in [2.75, 3.05) is 7.05 Å². The van der Waals surface area contributed by atoms with Crippen molar-refractivity contribution in [3.05, 3.63) is 23.8 Å². The van der Waals surface area contributed by atoms with Gasteiger partial charge in [0, 0.05) is 20.3 Å². The molecule has 0 saturated heterocycles. The predicted octanol–water partition coefficient (Wildman–Crippen LogP) is -0.0494. The molecule has 1 aromatic heterocycles. The maximum absolute atomic E-state index is 3.97. The summed E-state index contributed by atoms with van der Waals surface area (Å²) < 4.78 is 1.72. The molecule has 1 heterocycles. The average Bonchev–Trinajstić information content (AvgIpc) is 1.89. The molecule has 0 spiro atoms. The van der Waals surface area contributed by atoms with E-state index in [1.807, 2.05) is 19.2 Å². The van der Waals surface area contributed by atoms with Gasteiger partial charge in [-0.15, -0.1) is 0 Å². The van der Waals surface area contributed by atoms with Crippen LogP contribution in [0.5, 0.6) is 0 Å². The summed E-state index contributed by atoms with van der Waals surface area (Å²) in [7, 11) is 3.61. The molecule has 0 bridgehead atoms. The van der Waals surface area contributed by atoms with Crippen molar-refractivity contribution in [3.63, 3.8) is 0 Å². The Hall–Kier alpha value is -1.12. The van der Waals surface area contributed by atoms with Gasteiger partial charge >= 0.3 is 0 Å². The third-order valence-electron chi connectivity index (χ3n) is 1.13. The van der Waals surface area contributed by atoms with Gasteiger partial charge in [0.25, 0.3) is 0 Å². The van der Waals surface area contributed by atoms with Crippen LogP contribution >= 0.6 is 0 Å². The van der Waals surface area contributed by atoms with Gasteiger partial charge in [-0.25, -0.2) is 0 Å². The molecule has 0 fully saturated rings. The van der Waals surface area contributed by atoms with Crippen molar-refractivity contribution in [1.29, 1.82) is 0 Å². The monoisotopic (exact) mass is 123 g/mol. The number of hydrogen-bond donors (Lipinski definition) is 0. The molecule has 0 aliphatic heterocycles. The van der Waals surface area contributed by atoms with E-state index < -0.39 is 0 Å². The number of hydrogen-bond acceptors (Lipinski definition) is 2. The Bertz CT molecular complexity index is 248. The lowest BCUT2D eigenvalue weighted by Gasteiger charge is -1.92. The number of aryl methyl sites for hydroxylation is 1. The van der Waals surface area contributed by atoms with Crippen LogP contribution < -0.4 is 5.49 Å². The summed E-state index contributed by atoms with van der Waals surface area (Å²) in [6.07, 6.45) is 1.73. The first-order valence-electron chi connectivity index (χ1n) is 2.76. The molecule has 0 N–H and O–H groups in total. The lowest BCUT2D eigenvalue weighted by Crippen LogP contribution is -2.18. The van der Waals surface area contributed by atoms with Crippen LogP contribution in [0.25, 0.3) is 0 Å². The molecule has 0 aliphatic carbocycles. The van der Waals surface area contributed by atoms with Crippen LogP contribution in [-0.2, 0) is 7.05 Å². The van der Waals surface area contributed by atoms with E-state index in [0.29, 0.717) is 0 Å². The van der Waals surface area contributed by atoms with Crippen molar-refractivity contribution in [2.24, 2.45) is 12.0 Å². The van der Waals surface area contributed by atoms with E-state index in [0.717, 1.165) is 5.49 Å². The first kappa shape index (κ1) is 6.01. The molecular weight excluding hydrogens is 114 g/mol. The summed E-state index contributed by atoms with van der Waals surface area (Å²) in [4.78, 5) is 3.97.